The molecule has 0 bridgehead atoms. The second-order valence-electron chi connectivity index (χ2n) is 6.50. The van der Waals surface area contributed by atoms with Gasteiger partial charge in [-0.2, -0.15) is 0 Å². The standard InChI is InChI=1S/C20H15N5O7S/c26-18(21-11-17-2-1-7-32-17)12-3-5-14(6-4-12)22-20(33)23-19(27)13-8-15(24(28)29)10-16(9-13)25(30)31/h1-10H,11H2,(H,21,26)(H2,22,23,27,33). The maximum Gasteiger partial charge on any atom is 0.277 e. The Morgan fingerprint density at radius 2 is 1.55 bits per heavy atom. The molecule has 0 radical (unpaired) electrons. The monoisotopic (exact) mass is 469 g/mol. The van der Waals surface area contributed by atoms with Crippen LogP contribution in [-0.2, 0) is 6.54 Å². The Labute approximate surface area is 190 Å². The number of hydrogen-bond donors (Lipinski definition) is 3. The van der Waals surface area contributed by atoms with Gasteiger partial charge in [0.25, 0.3) is 23.2 Å². The van der Waals surface area contributed by atoms with Crippen LogP contribution < -0.4 is 16.0 Å². The number of nitro benzene ring substituents is 2. The molecule has 0 atom stereocenters. The average molecular weight is 469 g/mol. The fraction of sp³-hybridized carbons (Fsp3) is 0.0500. The van der Waals surface area contributed by atoms with Crippen LogP contribution in [-0.4, -0.2) is 26.8 Å². The third-order valence-corrected chi connectivity index (χ3v) is 4.43. The summed E-state index contributed by atoms with van der Waals surface area (Å²) in [6.45, 7) is 0.234. The fourth-order valence-electron chi connectivity index (χ4n) is 2.66. The van der Waals surface area contributed by atoms with Crippen molar-refractivity contribution < 1.29 is 23.9 Å². The van der Waals surface area contributed by atoms with Gasteiger partial charge >= 0.3 is 0 Å². The molecule has 0 aliphatic heterocycles. The quantitative estimate of drug-likeness (QED) is 0.267. The summed E-state index contributed by atoms with van der Waals surface area (Å²) in [6, 6.07) is 12.2. The zero-order valence-electron chi connectivity index (χ0n) is 16.6. The van der Waals surface area contributed by atoms with E-state index in [0.29, 0.717) is 17.0 Å². The first kappa shape index (κ1) is 23.0. The molecule has 1 heterocycles. The Hall–Kier alpha value is -4.65. The lowest BCUT2D eigenvalue weighted by Gasteiger charge is -2.10. The average Bonchev–Trinajstić information content (AvgIpc) is 3.31. The van der Waals surface area contributed by atoms with Crippen molar-refractivity contribution in [2.45, 2.75) is 6.54 Å². The minimum absolute atomic E-state index is 0.149. The minimum Gasteiger partial charge on any atom is -0.467 e. The van der Waals surface area contributed by atoms with E-state index in [-0.39, 0.29) is 23.1 Å². The number of anilines is 1. The first-order valence-corrected chi connectivity index (χ1v) is 9.60. The number of furan rings is 1. The molecule has 0 saturated heterocycles. The Morgan fingerprint density at radius 3 is 2.09 bits per heavy atom. The first-order valence-electron chi connectivity index (χ1n) is 9.20. The lowest BCUT2D eigenvalue weighted by Crippen LogP contribution is -2.34. The van der Waals surface area contributed by atoms with Crippen LogP contribution in [0.1, 0.15) is 26.5 Å². The molecular weight excluding hydrogens is 454 g/mol. The van der Waals surface area contributed by atoms with Crippen molar-refractivity contribution >= 4 is 46.2 Å². The normalized spacial score (nSPS) is 10.2. The number of non-ortho nitro benzene ring substituents is 2. The molecule has 1 aromatic heterocycles. The molecule has 3 N–H and O–H groups in total. The molecule has 168 valence electrons. The van der Waals surface area contributed by atoms with Gasteiger partial charge in [-0.05, 0) is 48.6 Å². The van der Waals surface area contributed by atoms with Crippen molar-refractivity contribution in [3.63, 3.8) is 0 Å². The molecule has 0 aliphatic carbocycles. The molecule has 0 unspecified atom stereocenters. The van der Waals surface area contributed by atoms with E-state index < -0.39 is 27.1 Å². The van der Waals surface area contributed by atoms with Crippen molar-refractivity contribution in [2.75, 3.05) is 5.32 Å². The van der Waals surface area contributed by atoms with Gasteiger partial charge in [0.2, 0.25) is 0 Å². The van der Waals surface area contributed by atoms with E-state index >= 15 is 0 Å². The van der Waals surface area contributed by atoms with E-state index in [9.17, 15) is 29.8 Å². The Balaban J connectivity index is 1.60. The molecule has 0 spiro atoms. The van der Waals surface area contributed by atoms with Gasteiger partial charge in [-0.3, -0.25) is 35.1 Å². The second-order valence-corrected chi connectivity index (χ2v) is 6.91. The van der Waals surface area contributed by atoms with E-state index in [2.05, 4.69) is 16.0 Å². The third-order valence-electron chi connectivity index (χ3n) is 4.22. The van der Waals surface area contributed by atoms with Crippen LogP contribution in [0.5, 0.6) is 0 Å². The fourth-order valence-corrected chi connectivity index (χ4v) is 2.87. The molecule has 3 aromatic rings. The number of nitrogens with zero attached hydrogens (tertiary/aromatic N) is 2. The van der Waals surface area contributed by atoms with Crippen LogP contribution in [0.3, 0.4) is 0 Å². The summed E-state index contributed by atoms with van der Waals surface area (Å²) in [5.74, 6) is -0.578. The van der Waals surface area contributed by atoms with E-state index in [4.69, 9.17) is 16.6 Å². The predicted octanol–water partition coefficient (Wildman–Crippen LogP) is 3.15. The molecule has 0 aliphatic rings. The van der Waals surface area contributed by atoms with Crippen molar-refractivity contribution in [3.8, 4) is 0 Å². The summed E-state index contributed by atoms with van der Waals surface area (Å²) in [6.07, 6.45) is 1.50. The van der Waals surface area contributed by atoms with E-state index in [0.717, 1.165) is 18.2 Å². The SMILES string of the molecule is O=C(NCc1ccco1)c1ccc(NC(=S)NC(=O)c2cc([N+](=O)[O-])cc([N+](=O)[O-])c2)cc1. The van der Waals surface area contributed by atoms with Crippen molar-refractivity contribution in [3.05, 3.63) is 98.0 Å². The highest BCUT2D eigenvalue weighted by atomic mass is 32.1. The molecule has 13 heteroatoms. The number of nitrogens with one attached hydrogen (secondary N) is 3. The number of nitro groups is 2. The number of rotatable bonds is 7. The summed E-state index contributed by atoms with van der Waals surface area (Å²) in [5.41, 5.74) is -0.675. The number of thiocarbonyl (C=S) groups is 1. The largest absolute Gasteiger partial charge is 0.467 e. The Bertz CT molecular complexity index is 1190. The van der Waals surface area contributed by atoms with Crippen LogP contribution in [0.4, 0.5) is 17.1 Å². The van der Waals surface area contributed by atoms with Gasteiger partial charge in [0.1, 0.15) is 5.76 Å². The number of hydrogen-bond acceptors (Lipinski definition) is 8. The zero-order valence-corrected chi connectivity index (χ0v) is 17.5. The lowest BCUT2D eigenvalue weighted by molar-refractivity contribution is -0.394. The minimum atomic E-state index is -0.867. The number of amides is 2. The van der Waals surface area contributed by atoms with Gasteiger partial charge in [-0.15, -0.1) is 0 Å². The maximum absolute atomic E-state index is 12.4. The summed E-state index contributed by atoms with van der Waals surface area (Å²) < 4.78 is 5.14. The molecule has 12 nitrogen and oxygen atoms in total. The molecule has 2 aromatic carbocycles. The third kappa shape index (κ3) is 6.18. The van der Waals surface area contributed by atoms with Gasteiger partial charge in [0.15, 0.2) is 5.11 Å². The zero-order chi connectivity index (χ0) is 24.0. The van der Waals surface area contributed by atoms with Crippen LogP contribution in [0.25, 0.3) is 0 Å². The number of carbonyl (C=O) groups excluding carboxylic acids is 2. The van der Waals surface area contributed by atoms with Gasteiger partial charge in [-0.1, -0.05) is 0 Å². The highest BCUT2D eigenvalue weighted by Crippen LogP contribution is 2.22. The number of benzene rings is 2. The van der Waals surface area contributed by atoms with Gasteiger partial charge in [-0.25, -0.2) is 0 Å². The summed E-state index contributed by atoms with van der Waals surface area (Å²) in [7, 11) is 0. The Kier molecular flexibility index (Phi) is 7.05. The first-order chi connectivity index (χ1) is 15.7. The van der Waals surface area contributed by atoms with Gasteiger partial charge < -0.3 is 15.1 Å². The molecule has 2 amide bonds. The van der Waals surface area contributed by atoms with Gasteiger partial charge in [0, 0.05) is 23.4 Å². The predicted molar refractivity (Wildman–Crippen MR) is 120 cm³/mol. The summed E-state index contributed by atoms with van der Waals surface area (Å²) >= 11 is 5.05. The van der Waals surface area contributed by atoms with Crippen LogP contribution in [0.2, 0.25) is 0 Å². The molecule has 0 saturated carbocycles. The summed E-state index contributed by atoms with van der Waals surface area (Å²) in [5, 5.41) is 29.5. The van der Waals surface area contributed by atoms with E-state index in [1.165, 1.54) is 18.4 Å². The molecule has 33 heavy (non-hydrogen) atoms. The topological polar surface area (TPSA) is 170 Å². The molecule has 0 fully saturated rings. The van der Waals surface area contributed by atoms with Gasteiger partial charge in [0.05, 0.1) is 34.3 Å². The second kappa shape index (κ2) is 10.1. The van der Waals surface area contributed by atoms with E-state index in [1.54, 1.807) is 24.3 Å². The van der Waals surface area contributed by atoms with Crippen LogP contribution in [0, 0.1) is 20.2 Å². The smallest absolute Gasteiger partial charge is 0.277 e. The lowest BCUT2D eigenvalue weighted by atomic mass is 10.1. The van der Waals surface area contributed by atoms with Crippen molar-refractivity contribution in [1.82, 2.24) is 10.6 Å². The number of carbonyl (C=O) groups is 2. The van der Waals surface area contributed by atoms with Crippen molar-refractivity contribution in [1.29, 1.82) is 0 Å². The maximum atomic E-state index is 12.4. The molecular formula is C20H15N5O7S. The molecule has 3 rings (SSSR count). The highest BCUT2D eigenvalue weighted by Gasteiger charge is 2.20. The summed E-state index contributed by atoms with van der Waals surface area (Å²) in [4.78, 5) is 44.8. The highest BCUT2D eigenvalue weighted by molar-refractivity contribution is 7.80. The van der Waals surface area contributed by atoms with Crippen LogP contribution in [0.15, 0.2) is 65.3 Å². The van der Waals surface area contributed by atoms with Crippen LogP contribution >= 0.6 is 12.2 Å². The Morgan fingerprint density at radius 1 is 0.909 bits per heavy atom. The van der Waals surface area contributed by atoms with E-state index in [1.807, 2.05) is 0 Å². The van der Waals surface area contributed by atoms with Crippen molar-refractivity contribution in [2.24, 2.45) is 0 Å².